The van der Waals surface area contributed by atoms with Crippen LogP contribution in [0.25, 0.3) is 5.69 Å². The molecule has 1 aromatic heterocycles. The van der Waals surface area contributed by atoms with Crippen molar-refractivity contribution in [1.82, 2.24) is 14.9 Å². The van der Waals surface area contributed by atoms with Crippen molar-refractivity contribution >= 4 is 17.7 Å². The van der Waals surface area contributed by atoms with Crippen molar-refractivity contribution < 1.29 is 4.79 Å². The monoisotopic (exact) mass is 315 g/mol. The first-order valence-corrected chi connectivity index (χ1v) is 8.58. The summed E-state index contributed by atoms with van der Waals surface area (Å²) in [7, 11) is 0. The maximum atomic E-state index is 12.1. The van der Waals surface area contributed by atoms with Gasteiger partial charge >= 0.3 is 0 Å². The number of thioether (sulfide) groups is 1. The third-order valence-electron chi connectivity index (χ3n) is 3.96. The molecular formula is C17H21N3OS. The second-order valence-electron chi connectivity index (χ2n) is 5.76. The first-order chi connectivity index (χ1) is 10.6. The summed E-state index contributed by atoms with van der Waals surface area (Å²) in [4.78, 5) is 16.6. The van der Waals surface area contributed by atoms with Gasteiger partial charge in [0.2, 0.25) is 5.91 Å². The first-order valence-electron chi connectivity index (χ1n) is 7.70. The van der Waals surface area contributed by atoms with Gasteiger partial charge in [-0.1, -0.05) is 30.3 Å². The minimum Gasteiger partial charge on any atom is -0.355 e. The van der Waals surface area contributed by atoms with Gasteiger partial charge in [0.25, 0.3) is 0 Å². The van der Waals surface area contributed by atoms with E-state index >= 15 is 0 Å². The minimum atomic E-state index is -0.0474. The van der Waals surface area contributed by atoms with Crippen molar-refractivity contribution in [3.05, 3.63) is 41.7 Å². The molecule has 0 radical (unpaired) electrons. The minimum absolute atomic E-state index is 0.0474. The summed E-state index contributed by atoms with van der Waals surface area (Å²) in [5.74, 6) is 0.137. The van der Waals surface area contributed by atoms with Crippen molar-refractivity contribution in [3.63, 3.8) is 0 Å². The largest absolute Gasteiger partial charge is 0.355 e. The molecule has 2 aromatic rings. The first kappa shape index (κ1) is 15.2. The summed E-state index contributed by atoms with van der Waals surface area (Å²) >= 11 is 1.57. The van der Waals surface area contributed by atoms with E-state index in [-0.39, 0.29) is 11.2 Å². The van der Waals surface area contributed by atoms with E-state index in [4.69, 9.17) is 0 Å². The van der Waals surface area contributed by atoms with Crippen molar-refractivity contribution in [2.45, 2.75) is 43.5 Å². The number of carbonyl (C=O) groups excluding carboxylic acids is 1. The Kier molecular flexibility index (Phi) is 4.52. The van der Waals surface area contributed by atoms with Crippen LogP contribution in [0.5, 0.6) is 0 Å². The van der Waals surface area contributed by atoms with E-state index in [9.17, 15) is 4.79 Å². The normalized spacial score (nSPS) is 18.8. The van der Waals surface area contributed by atoms with Crippen molar-refractivity contribution in [2.24, 2.45) is 0 Å². The van der Waals surface area contributed by atoms with Gasteiger partial charge in [-0.25, -0.2) is 4.98 Å². The lowest BCUT2D eigenvalue weighted by atomic mass is 10.1. The summed E-state index contributed by atoms with van der Waals surface area (Å²) in [5.41, 5.74) is 3.56. The second-order valence-corrected chi connectivity index (χ2v) is 6.93. The van der Waals surface area contributed by atoms with Gasteiger partial charge in [0.05, 0.1) is 10.9 Å². The van der Waals surface area contributed by atoms with E-state index in [1.54, 1.807) is 18.0 Å². The topological polar surface area (TPSA) is 46.9 Å². The molecule has 2 heterocycles. The van der Waals surface area contributed by atoms with E-state index < -0.39 is 0 Å². The molecule has 0 bridgehead atoms. The fraction of sp³-hybridized carbons (Fsp3) is 0.412. The SMILES string of the molecule is Cc1ccc(C)c(-n2ccnc2SC2CCCCNC2=O)c1. The highest BCUT2D eigenvalue weighted by Gasteiger charge is 2.24. The zero-order chi connectivity index (χ0) is 15.5. The Balaban J connectivity index is 1.88. The smallest absolute Gasteiger partial charge is 0.233 e. The molecule has 0 aliphatic carbocycles. The average molecular weight is 315 g/mol. The lowest BCUT2D eigenvalue weighted by Gasteiger charge is -2.15. The average Bonchev–Trinajstić information content (AvgIpc) is 2.86. The van der Waals surface area contributed by atoms with Gasteiger partial charge in [0.15, 0.2) is 5.16 Å². The van der Waals surface area contributed by atoms with E-state index in [1.807, 2.05) is 6.20 Å². The molecule has 3 rings (SSSR count). The Morgan fingerprint density at radius 1 is 1.32 bits per heavy atom. The number of carbonyl (C=O) groups is 1. The quantitative estimate of drug-likeness (QED) is 0.946. The molecule has 0 spiro atoms. The molecule has 1 unspecified atom stereocenters. The van der Waals surface area contributed by atoms with Gasteiger partial charge in [0.1, 0.15) is 0 Å². The van der Waals surface area contributed by atoms with Crippen molar-refractivity contribution in [2.75, 3.05) is 6.54 Å². The predicted octanol–water partition coefficient (Wildman–Crippen LogP) is 3.25. The number of nitrogens with one attached hydrogen (secondary N) is 1. The number of nitrogens with zero attached hydrogens (tertiary/aromatic N) is 2. The number of amides is 1. The van der Waals surface area contributed by atoms with E-state index in [2.05, 4.69) is 46.9 Å². The molecule has 1 N–H and O–H groups in total. The van der Waals surface area contributed by atoms with Crippen molar-refractivity contribution in [1.29, 1.82) is 0 Å². The summed E-state index contributed by atoms with van der Waals surface area (Å²) in [5, 5.41) is 3.83. The molecule has 1 fully saturated rings. The predicted molar refractivity (Wildman–Crippen MR) is 89.5 cm³/mol. The lowest BCUT2D eigenvalue weighted by Crippen LogP contribution is -2.30. The number of imidazole rings is 1. The van der Waals surface area contributed by atoms with E-state index in [1.165, 1.54) is 11.1 Å². The third-order valence-corrected chi connectivity index (χ3v) is 5.21. The van der Waals surface area contributed by atoms with Gasteiger partial charge < -0.3 is 5.32 Å². The molecule has 1 atom stereocenters. The van der Waals surface area contributed by atoms with Crippen LogP contribution in [0.1, 0.15) is 30.4 Å². The van der Waals surface area contributed by atoms with Crippen molar-refractivity contribution in [3.8, 4) is 5.69 Å². The zero-order valence-electron chi connectivity index (χ0n) is 13.0. The maximum absolute atomic E-state index is 12.1. The number of aromatic nitrogens is 2. The molecule has 1 amide bonds. The fourth-order valence-electron chi connectivity index (χ4n) is 2.69. The van der Waals surface area contributed by atoms with Crippen LogP contribution in [-0.2, 0) is 4.79 Å². The van der Waals surface area contributed by atoms with Crippen LogP contribution in [0.2, 0.25) is 0 Å². The molecular weight excluding hydrogens is 294 g/mol. The third kappa shape index (κ3) is 3.19. The Morgan fingerprint density at radius 3 is 3.05 bits per heavy atom. The number of hydrogen-bond acceptors (Lipinski definition) is 3. The number of rotatable bonds is 3. The molecule has 1 aliphatic rings. The summed E-state index contributed by atoms with van der Waals surface area (Å²) < 4.78 is 2.09. The summed E-state index contributed by atoms with van der Waals surface area (Å²) in [6, 6.07) is 6.40. The number of hydrogen-bond donors (Lipinski definition) is 1. The molecule has 1 aliphatic heterocycles. The van der Waals surface area contributed by atoms with Gasteiger partial charge in [-0.3, -0.25) is 9.36 Å². The van der Waals surface area contributed by atoms with Gasteiger partial charge in [-0.15, -0.1) is 0 Å². The van der Waals surface area contributed by atoms with Crippen LogP contribution < -0.4 is 5.32 Å². The second kappa shape index (κ2) is 6.57. The highest BCUT2D eigenvalue weighted by molar-refractivity contribution is 8.00. The molecule has 1 saturated heterocycles. The van der Waals surface area contributed by atoms with Crippen LogP contribution >= 0.6 is 11.8 Å². The molecule has 4 nitrogen and oxygen atoms in total. The van der Waals surface area contributed by atoms with Crippen LogP contribution in [-0.4, -0.2) is 27.3 Å². The molecule has 1 aromatic carbocycles. The highest BCUT2D eigenvalue weighted by Crippen LogP contribution is 2.29. The standard InChI is InChI=1S/C17H21N3OS/c1-12-6-7-13(2)14(11-12)20-10-9-19-17(20)22-15-5-3-4-8-18-16(15)21/h6-7,9-11,15H,3-5,8H2,1-2H3,(H,18,21). The van der Waals surface area contributed by atoms with Crippen LogP contribution in [0.15, 0.2) is 35.7 Å². The maximum Gasteiger partial charge on any atom is 0.233 e. The van der Waals surface area contributed by atoms with Crippen LogP contribution in [0.4, 0.5) is 0 Å². The van der Waals surface area contributed by atoms with Gasteiger partial charge in [0, 0.05) is 18.9 Å². The molecule has 116 valence electrons. The number of benzene rings is 1. The molecule has 0 saturated carbocycles. The highest BCUT2D eigenvalue weighted by atomic mass is 32.2. The fourth-order valence-corrected chi connectivity index (χ4v) is 3.81. The molecule has 5 heteroatoms. The Hall–Kier alpha value is -1.75. The van der Waals surface area contributed by atoms with Gasteiger partial charge in [-0.05, 0) is 43.9 Å². The molecule has 22 heavy (non-hydrogen) atoms. The van der Waals surface area contributed by atoms with Crippen LogP contribution in [0.3, 0.4) is 0 Å². The number of aryl methyl sites for hydroxylation is 2. The lowest BCUT2D eigenvalue weighted by molar-refractivity contribution is -0.120. The Labute approximate surface area is 135 Å². The Morgan fingerprint density at radius 2 is 2.18 bits per heavy atom. The zero-order valence-corrected chi connectivity index (χ0v) is 13.8. The summed E-state index contributed by atoms with van der Waals surface area (Å²) in [6.45, 7) is 4.98. The van der Waals surface area contributed by atoms with E-state index in [0.717, 1.165) is 36.7 Å². The van der Waals surface area contributed by atoms with Gasteiger partial charge in [-0.2, -0.15) is 0 Å². The summed E-state index contributed by atoms with van der Waals surface area (Å²) in [6.07, 6.45) is 6.84. The van der Waals surface area contributed by atoms with E-state index in [0.29, 0.717) is 0 Å². The Bertz CT molecular complexity index is 680. The van der Waals surface area contributed by atoms with Crippen LogP contribution in [0, 0.1) is 13.8 Å².